The summed E-state index contributed by atoms with van der Waals surface area (Å²) in [7, 11) is 1.64. The smallest absolute Gasteiger partial charge is 0.171 e. The number of nitrogens with zero attached hydrogens (tertiary/aromatic N) is 2. The molecule has 0 spiro atoms. The molecule has 1 aliphatic heterocycles. The van der Waals surface area contributed by atoms with Gasteiger partial charge in [-0.1, -0.05) is 0 Å². The van der Waals surface area contributed by atoms with Crippen LogP contribution in [0.4, 0.5) is 0 Å². The van der Waals surface area contributed by atoms with Crippen LogP contribution in [0.25, 0.3) is 0 Å². The molecule has 15 heavy (non-hydrogen) atoms. The van der Waals surface area contributed by atoms with E-state index in [0.717, 1.165) is 29.9 Å². The van der Waals surface area contributed by atoms with E-state index in [9.17, 15) is 0 Å². The lowest BCUT2D eigenvalue weighted by molar-refractivity contribution is 0.00357. The van der Waals surface area contributed by atoms with Crippen molar-refractivity contribution in [2.75, 3.05) is 13.7 Å². The number of hydrogen-bond acceptors (Lipinski definition) is 3. The van der Waals surface area contributed by atoms with Gasteiger partial charge in [0.05, 0.1) is 26.0 Å². The normalized spacial score (nSPS) is 21.6. The average Bonchev–Trinajstić information content (AvgIpc) is 2.62. The monoisotopic (exact) mass is 274 g/mol. The zero-order chi connectivity index (χ0) is 10.7. The maximum absolute atomic E-state index is 5.66. The standard InChI is InChI=1S/C10H15BrN2O2/c1-14-9-6-12-13(10(9)11)7-8-4-2-3-5-15-8/h6,8H,2-5,7H2,1H3. The molecule has 1 atom stereocenters. The summed E-state index contributed by atoms with van der Waals surface area (Å²) < 4.78 is 13.6. The van der Waals surface area contributed by atoms with Crippen molar-refractivity contribution in [3.8, 4) is 5.75 Å². The Balaban J connectivity index is 2.00. The van der Waals surface area contributed by atoms with E-state index in [0.29, 0.717) is 6.10 Å². The second-order valence-electron chi connectivity index (χ2n) is 3.67. The van der Waals surface area contributed by atoms with E-state index in [2.05, 4.69) is 21.0 Å². The summed E-state index contributed by atoms with van der Waals surface area (Å²) in [6.45, 7) is 1.67. The highest BCUT2D eigenvalue weighted by Crippen LogP contribution is 2.25. The first kappa shape index (κ1) is 11.0. The predicted molar refractivity (Wildman–Crippen MR) is 60.1 cm³/mol. The molecule has 1 unspecified atom stereocenters. The minimum Gasteiger partial charge on any atom is -0.492 e. The molecule has 84 valence electrons. The molecule has 2 rings (SSSR count). The van der Waals surface area contributed by atoms with Gasteiger partial charge in [0.2, 0.25) is 0 Å². The summed E-state index contributed by atoms with van der Waals surface area (Å²) in [5.74, 6) is 0.769. The summed E-state index contributed by atoms with van der Waals surface area (Å²) in [5.41, 5.74) is 0. The third-order valence-electron chi connectivity index (χ3n) is 2.61. The van der Waals surface area contributed by atoms with Gasteiger partial charge in [-0.25, -0.2) is 0 Å². The third kappa shape index (κ3) is 2.52. The highest BCUT2D eigenvalue weighted by molar-refractivity contribution is 9.10. The molecule has 0 N–H and O–H groups in total. The Bertz CT molecular complexity index is 321. The largest absolute Gasteiger partial charge is 0.492 e. The van der Waals surface area contributed by atoms with Gasteiger partial charge in [-0.2, -0.15) is 5.10 Å². The molecule has 0 aromatic carbocycles. The van der Waals surface area contributed by atoms with Crippen LogP contribution in [0.2, 0.25) is 0 Å². The number of methoxy groups -OCH3 is 1. The van der Waals surface area contributed by atoms with Crippen LogP contribution in [0.5, 0.6) is 5.75 Å². The highest BCUT2D eigenvalue weighted by Gasteiger charge is 2.17. The van der Waals surface area contributed by atoms with Crippen LogP contribution in [-0.4, -0.2) is 29.6 Å². The molecular weight excluding hydrogens is 260 g/mol. The van der Waals surface area contributed by atoms with Crippen molar-refractivity contribution in [2.24, 2.45) is 0 Å². The molecule has 4 nitrogen and oxygen atoms in total. The summed E-state index contributed by atoms with van der Waals surface area (Å²) in [6, 6.07) is 0. The van der Waals surface area contributed by atoms with Gasteiger partial charge in [0.15, 0.2) is 5.75 Å². The maximum atomic E-state index is 5.66. The van der Waals surface area contributed by atoms with Crippen LogP contribution in [0.15, 0.2) is 10.8 Å². The molecule has 1 aliphatic rings. The van der Waals surface area contributed by atoms with Crippen molar-refractivity contribution in [2.45, 2.75) is 31.9 Å². The predicted octanol–water partition coefficient (Wildman–Crippen LogP) is 2.22. The van der Waals surface area contributed by atoms with Gasteiger partial charge in [0.25, 0.3) is 0 Å². The quantitative estimate of drug-likeness (QED) is 0.848. The molecule has 0 saturated carbocycles. The third-order valence-corrected chi connectivity index (χ3v) is 3.41. The van der Waals surface area contributed by atoms with Gasteiger partial charge in [0.1, 0.15) is 4.60 Å². The van der Waals surface area contributed by atoms with Crippen molar-refractivity contribution in [3.63, 3.8) is 0 Å². The van der Waals surface area contributed by atoms with E-state index in [1.54, 1.807) is 13.3 Å². The summed E-state index contributed by atoms with van der Waals surface area (Å²) in [4.78, 5) is 0. The SMILES string of the molecule is COc1cnn(CC2CCCCO2)c1Br. The first-order valence-electron chi connectivity index (χ1n) is 5.18. The summed E-state index contributed by atoms with van der Waals surface area (Å²) in [6.07, 6.45) is 5.56. The van der Waals surface area contributed by atoms with E-state index >= 15 is 0 Å². The minimum atomic E-state index is 0.291. The zero-order valence-electron chi connectivity index (χ0n) is 8.78. The fourth-order valence-electron chi connectivity index (χ4n) is 1.76. The number of aromatic nitrogens is 2. The number of halogens is 1. The summed E-state index contributed by atoms with van der Waals surface area (Å²) >= 11 is 3.46. The molecular formula is C10H15BrN2O2. The number of rotatable bonds is 3. The number of hydrogen-bond donors (Lipinski definition) is 0. The van der Waals surface area contributed by atoms with Crippen LogP contribution in [0.3, 0.4) is 0 Å². The Morgan fingerprint density at radius 2 is 2.53 bits per heavy atom. The molecule has 0 radical (unpaired) electrons. The Labute approximate surface area is 97.7 Å². The van der Waals surface area contributed by atoms with Gasteiger partial charge in [-0.05, 0) is 35.2 Å². The van der Waals surface area contributed by atoms with Crippen molar-refractivity contribution in [3.05, 3.63) is 10.8 Å². The van der Waals surface area contributed by atoms with Gasteiger partial charge in [0, 0.05) is 6.61 Å². The van der Waals surface area contributed by atoms with Gasteiger partial charge in [-0.15, -0.1) is 0 Å². The van der Waals surface area contributed by atoms with Crippen LogP contribution in [0.1, 0.15) is 19.3 Å². The number of ether oxygens (including phenoxy) is 2. The molecule has 1 aromatic heterocycles. The topological polar surface area (TPSA) is 36.3 Å². The highest BCUT2D eigenvalue weighted by atomic mass is 79.9. The molecule has 1 saturated heterocycles. The van der Waals surface area contributed by atoms with Crippen molar-refractivity contribution in [1.29, 1.82) is 0 Å². The van der Waals surface area contributed by atoms with Crippen LogP contribution < -0.4 is 4.74 Å². The maximum Gasteiger partial charge on any atom is 0.171 e. The average molecular weight is 275 g/mol. The molecule has 1 fully saturated rings. The second-order valence-corrected chi connectivity index (χ2v) is 4.43. The van der Waals surface area contributed by atoms with Crippen molar-refractivity contribution < 1.29 is 9.47 Å². The zero-order valence-corrected chi connectivity index (χ0v) is 10.4. The fourth-order valence-corrected chi connectivity index (χ4v) is 2.26. The second kappa shape index (κ2) is 4.99. The van der Waals surface area contributed by atoms with Gasteiger partial charge < -0.3 is 9.47 Å². The molecule has 5 heteroatoms. The van der Waals surface area contributed by atoms with Crippen molar-refractivity contribution in [1.82, 2.24) is 9.78 Å². The fraction of sp³-hybridized carbons (Fsp3) is 0.700. The molecule has 0 aliphatic carbocycles. The van der Waals surface area contributed by atoms with E-state index in [1.165, 1.54) is 12.8 Å². The van der Waals surface area contributed by atoms with E-state index < -0.39 is 0 Å². The van der Waals surface area contributed by atoms with E-state index in [-0.39, 0.29) is 0 Å². The first-order valence-corrected chi connectivity index (χ1v) is 5.97. The Hall–Kier alpha value is -0.550. The van der Waals surface area contributed by atoms with Crippen molar-refractivity contribution >= 4 is 15.9 Å². The minimum absolute atomic E-state index is 0.291. The molecule has 0 amide bonds. The first-order chi connectivity index (χ1) is 7.31. The van der Waals surface area contributed by atoms with Gasteiger partial charge in [-0.3, -0.25) is 4.68 Å². The Morgan fingerprint density at radius 1 is 1.67 bits per heavy atom. The molecule has 1 aromatic rings. The lowest BCUT2D eigenvalue weighted by Crippen LogP contribution is -2.25. The summed E-state index contributed by atoms with van der Waals surface area (Å²) in [5, 5.41) is 4.25. The van der Waals surface area contributed by atoms with E-state index in [4.69, 9.17) is 9.47 Å². The Morgan fingerprint density at radius 3 is 3.13 bits per heavy atom. The van der Waals surface area contributed by atoms with Gasteiger partial charge >= 0.3 is 0 Å². The lowest BCUT2D eigenvalue weighted by Gasteiger charge is -2.22. The molecule has 0 bridgehead atoms. The molecule has 2 heterocycles. The van der Waals surface area contributed by atoms with Crippen LogP contribution in [-0.2, 0) is 11.3 Å². The Kier molecular flexibility index (Phi) is 3.64. The van der Waals surface area contributed by atoms with Crippen LogP contribution in [0, 0.1) is 0 Å². The van der Waals surface area contributed by atoms with Crippen LogP contribution >= 0.6 is 15.9 Å². The van der Waals surface area contributed by atoms with E-state index in [1.807, 2.05) is 4.68 Å². The lowest BCUT2D eigenvalue weighted by atomic mass is 10.1.